The zero-order valence-electron chi connectivity index (χ0n) is 21.6. The lowest BCUT2D eigenvalue weighted by Crippen LogP contribution is -2.56. The number of anilines is 1. The van der Waals surface area contributed by atoms with Crippen LogP contribution in [0.25, 0.3) is 21.3 Å². The Labute approximate surface area is 228 Å². The third kappa shape index (κ3) is 4.02. The molecule has 1 N–H and O–H groups in total. The van der Waals surface area contributed by atoms with Gasteiger partial charge in [0.1, 0.15) is 0 Å². The predicted molar refractivity (Wildman–Crippen MR) is 152 cm³/mol. The first-order chi connectivity index (χ1) is 17.5. The molecule has 1 atom stereocenters. The number of fused-ring (bicyclic) bond motifs is 2. The molecule has 4 heterocycles. The average molecular weight is 560 g/mol. The summed E-state index contributed by atoms with van der Waals surface area (Å²) < 4.78 is 29.5. The monoisotopic (exact) mass is 559 g/mol. The van der Waals surface area contributed by atoms with Crippen LogP contribution in [0.2, 0.25) is 5.02 Å². The van der Waals surface area contributed by atoms with E-state index < -0.39 is 14.8 Å². The van der Waals surface area contributed by atoms with Crippen molar-refractivity contribution in [2.45, 2.75) is 82.2 Å². The molecule has 9 heteroatoms. The Morgan fingerprint density at radius 2 is 1.97 bits per heavy atom. The summed E-state index contributed by atoms with van der Waals surface area (Å²) in [6.07, 6.45) is 7.62. The molecule has 1 saturated carbocycles. The van der Waals surface area contributed by atoms with Crippen molar-refractivity contribution in [1.82, 2.24) is 9.29 Å². The average Bonchev–Trinajstić information content (AvgIpc) is 3.44. The van der Waals surface area contributed by atoms with Gasteiger partial charge in [0, 0.05) is 57.6 Å². The number of aliphatic hydroxyl groups excluding tert-OH is 1. The molecule has 1 aromatic carbocycles. The summed E-state index contributed by atoms with van der Waals surface area (Å²) >= 11 is 8.24. The van der Waals surface area contributed by atoms with Gasteiger partial charge in [-0.15, -0.1) is 11.3 Å². The van der Waals surface area contributed by atoms with E-state index in [2.05, 4.69) is 16.0 Å². The van der Waals surface area contributed by atoms with Gasteiger partial charge in [0.05, 0.1) is 21.6 Å². The molecule has 6 rings (SSSR count). The largest absolute Gasteiger partial charge is 0.391 e. The second-order valence-electron chi connectivity index (χ2n) is 11.8. The molecule has 3 aromatic rings. The fraction of sp³-hybridized carbons (Fsp3) is 0.536. The van der Waals surface area contributed by atoms with Gasteiger partial charge in [-0.2, -0.15) is 4.31 Å². The Morgan fingerprint density at radius 3 is 2.65 bits per heavy atom. The number of thiophene rings is 1. The summed E-state index contributed by atoms with van der Waals surface area (Å²) in [7, 11) is -3.44. The first kappa shape index (κ1) is 25.6. The van der Waals surface area contributed by atoms with Gasteiger partial charge in [0.15, 0.2) is 0 Å². The molecule has 6 nitrogen and oxygen atoms in total. The van der Waals surface area contributed by atoms with E-state index in [-0.39, 0.29) is 18.2 Å². The summed E-state index contributed by atoms with van der Waals surface area (Å²) in [4.78, 5) is 7.91. The van der Waals surface area contributed by atoms with Crippen LogP contribution in [0.5, 0.6) is 0 Å². The second kappa shape index (κ2) is 8.91. The topological polar surface area (TPSA) is 73.7 Å². The van der Waals surface area contributed by atoms with E-state index in [0.29, 0.717) is 11.6 Å². The fourth-order valence-electron chi connectivity index (χ4n) is 6.51. The van der Waals surface area contributed by atoms with E-state index in [1.807, 2.05) is 49.5 Å². The molecule has 3 aliphatic rings. The van der Waals surface area contributed by atoms with Gasteiger partial charge in [0.2, 0.25) is 10.0 Å². The van der Waals surface area contributed by atoms with Gasteiger partial charge in [-0.25, -0.2) is 8.42 Å². The van der Waals surface area contributed by atoms with Crippen LogP contribution in [0.15, 0.2) is 30.5 Å². The summed E-state index contributed by atoms with van der Waals surface area (Å²) in [6, 6.07) is 8.23. The third-order valence-corrected chi connectivity index (χ3v) is 12.5. The van der Waals surface area contributed by atoms with Gasteiger partial charge in [0.25, 0.3) is 0 Å². The first-order valence-electron chi connectivity index (χ1n) is 13.1. The zero-order valence-corrected chi connectivity index (χ0v) is 24.0. The highest BCUT2D eigenvalue weighted by atomic mass is 35.5. The maximum Gasteiger partial charge on any atom is 0.219 e. The smallest absolute Gasteiger partial charge is 0.219 e. The summed E-state index contributed by atoms with van der Waals surface area (Å²) in [5, 5.41) is 10.5. The molecular formula is C28H34ClN3O3S2. The van der Waals surface area contributed by atoms with Crippen LogP contribution in [-0.4, -0.2) is 52.2 Å². The predicted octanol–water partition coefficient (Wildman–Crippen LogP) is 5.99. The van der Waals surface area contributed by atoms with E-state index in [9.17, 15) is 13.5 Å². The van der Waals surface area contributed by atoms with Crippen molar-refractivity contribution in [3.8, 4) is 11.1 Å². The minimum atomic E-state index is -3.44. The van der Waals surface area contributed by atoms with Gasteiger partial charge >= 0.3 is 0 Å². The van der Waals surface area contributed by atoms with Crippen molar-refractivity contribution >= 4 is 48.9 Å². The zero-order chi connectivity index (χ0) is 26.2. The van der Waals surface area contributed by atoms with Crippen molar-refractivity contribution in [3.05, 3.63) is 45.9 Å². The van der Waals surface area contributed by atoms with E-state index >= 15 is 0 Å². The Bertz CT molecular complexity index is 1470. The standard InChI is InChI=1S/C28H34ClN3O3S2/c1-27(2,3)37(34,35)32-16-20(15-28(32)8-5-9-28)31-11-4-6-18-12-19(29)13-23(25(18)31)22-7-10-30-24-14-21(17-33)36-26(22)24/h7,10,12-14,20,33H,4-6,8-9,11,15-17H2,1-3H3/t20-/m0/s1. The second-order valence-corrected chi connectivity index (χ2v) is 16.0. The number of aryl methyl sites for hydroxylation is 1. The number of pyridine rings is 1. The molecule has 37 heavy (non-hydrogen) atoms. The number of rotatable bonds is 4. The van der Waals surface area contributed by atoms with Crippen LogP contribution in [0, 0.1) is 0 Å². The van der Waals surface area contributed by atoms with E-state index in [1.54, 1.807) is 11.3 Å². The molecule has 2 aliphatic heterocycles. The van der Waals surface area contributed by atoms with Gasteiger partial charge in [-0.05, 0) is 89.1 Å². The van der Waals surface area contributed by atoms with Crippen molar-refractivity contribution in [2.24, 2.45) is 0 Å². The molecule has 0 unspecified atom stereocenters. The van der Waals surface area contributed by atoms with Crippen molar-refractivity contribution < 1.29 is 13.5 Å². The number of nitrogens with zero attached hydrogens (tertiary/aromatic N) is 3. The van der Waals surface area contributed by atoms with Crippen LogP contribution in [0.1, 0.15) is 63.3 Å². The Morgan fingerprint density at radius 1 is 1.19 bits per heavy atom. The van der Waals surface area contributed by atoms with E-state index in [4.69, 9.17) is 11.6 Å². The van der Waals surface area contributed by atoms with Gasteiger partial charge in [-0.1, -0.05) is 11.6 Å². The number of hydrogen-bond acceptors (Lipinski definition) is 6. The third-order valence-electron chi connectivity index (χ3n) is 8.51. The molecule has 1 spiro atoms. The normalized spacial score (nSPS) is 22.0. The molecule has 2 fully saturated rings. The molecule has 198 valence electrons. The summed E-state index contributed by atoms with van der Waals surface area (Å²) in [5.41, 5.74) is 5.15. The highest BCUT2D eigenvalue weighted by molar-refractivity contribution is 7.90. The minimum Gasteiger partial charge on any atom is -0.391 e. The highest BCUT2D eigenvalue weighted by Gasteiger charge is 2.57. The fourth-order valence-corrected chi connectivity index (χ4v) is 9.54. The summed E-state index contributed by atoms with van der Waals surface area (Å²) in [5.74, 6) is 0. The minimum absolute atomic E-state index is 0.0114. The lowest BCUT2D eigenvalue weighted by molar-refractivity contribution is 0.125. The number of aliphatic hydroxyl groups is 1. The first-order valence-corrected chi connectivity index (χ1v) is 15.8. The molecule has 2 aromatic heterocycles. The van der Waals surface area contributed by atoms with Gasteiger partial charge in [-0.3, -0.25) is 4.98 Å². The Balaban J connectivity index is 1.47. The Hall–Kier alpha value is -1.71. The van der Waals surface area contributed by atoms with Crippen molar-refractivity contribution in [1.29, 1.82) is 0 Å². The van der Waals surface area contributed by atoms with E-state index in [0.717, 1.165) is 71.3 Å². The molecular weight excluding hydrogens is 526 g/mol. The van der Waals surface area contributed by atoms with Crippen LogP contribution < -0.4 is 4.90 Å². The van der Waals surface area contributed by atoms with E-state index in [1.165, 1.54) is 11.3 Å². The maximum atomic E-state index is 13.7. The molecule has 1 saturated heterocycles. The van der Waals surface area contributed by atoms with Crippen LogP contribution in [0.3, 0.4) is 0 Å². The maximum absolute atomic E-state index is 13.7. The van der Waals surface area contributed by atoms with Crippen LogP contribution >= 0.6 is 22.9 Å². The summed E-state index contributed by atoms with van der Waals surface area (Å²) in [6.45, 7) is 6.85. The van der Waals surface area contributed by atoms with Crippen LogP contribution in [0.4, 0.5) is 5.69 Å². The number of halogens is 1. The van der Waals surface area contributed by atoms with Crippen molar-refractivity contribution in [2.75, 3.05) is 18.0 Å². The molecule has 0 amide bonds. The van der Waals surface area contributed by atoms with Crippen molar-refractivity contribution in [3.63, 3.8) is 0 Å². The number of benzene rings is 1. The lowest BCUT2D eigenvalue weighted by atomic mass is 9.75. The molecule has 1 aliphatic carbocycles. The quantitative estimate of drug-likeness (QED) is 0.425. The van der Waals surface area contributed by atoms with Gasteiger partial charge < -0.3 is 10.0 Å². The number of hydrogen-bond donors (Lipinski definition) is 1. The molecule has 0 bridgehead atoms. The Kier molecular flexibility index (Phi) is 6.16. The number of aromatic nitrogens is 1. The van der Waals surface area contributed by atoms with Crippen LogP contribution in [-0.2, 0) is 23.1 Å². The SMILES string of the molecule is CC(C)(C)S(=O)(=O)N1C[C@@H](N2CCCc3cc(Cl)cc(-c4ccnc5cc(CO)sc45)c32)CC12CCC2. The highest BCUT2D eigenvalue weighted by Crippen LogP contribution is 2.52. The molecule has 0 radical (unpaired) electrons. The number of sulfonamides is 1. The lowest BCUT2D eigenvalue weighted by Gasteiger charge is -2.46.